The molecular formula is C29H32N4O4S. The number of hydrogen-bond acceptors (Lipinski definition) is 5. The molecule has 1 aliphatic rings. The number of carbonyl (C=O) groups is 1. The van der Waals surface area contributed by atoms with Crippen LogP contribution in [0.2, 0.25) is 0 Å². The van der Waals surface area contributed by atoms with Crippen LogP contribution in [-0.4, -0.2) is 41.5 Å². The van der Waals surface area contributed by atoms with E-state index in [2.05, 4.69) is 40.8 Å². The fourth-order valence-corrected chi connectivity index (χ4v) is 5.93. The summed E-state index contributed by atoms with van der Waals surface area (Å²) in [5, 5.41) is 13.8. The molecule has 38 heavy (non-hydrogen) atoms. The largest absolute Gasteiger partial charge is 0.391 e. The fourth-order valence-electron chi connectivity index (χ4n) is 4.90. The monoisotopic (exact) mass is 532 g/mol. The zero-order valence-electron chi connectivity index (χ0n) is 21.7. The Hall–Kier alpha value is -3.69. The number of aliphatic hydroxyl groups excluding tert-OH is 1. The molecule has 2 aromatic carbocycles. The number of rotatable bonds is 6. The van der Waals surface area contributed by atoms with Crippen LogP contribution >= 0.6 is 0 Å². The Morgan fingerprint density at radius 1 is 1.05 bits per heavy atom. The minimum atomic E-state index is -3.86. The van der Waals surface area contributed by atoms with Crippen LogP contribution in [0.4, 0.5) is 5.69 Å². The topological polar surface area (TPSA) is 124 Å². The van der Waals surface area contributed by atoms with Gasteiger partial charge in [-0.25, -0.2) is 13.4 Å². The summed E-state index contributed by atoms with van der Waals surface area (Å²) in [5.41, 5.74) is 3.41. The van der Waals surface area contributed by atoms with Gasteiger partial charge in [-0.1, -0.05) is 63.2 Å². The summed E-state index contributed by atoms with van der Waals surface area (Å²) in [6.07, 6.45) is 3.09. The number of fused-ring (bicyclic) bond motifs is 1. The molecule has 0 bridgehead atoms. The van der Waals surface area contributed by atoms with E-state index in [0.717, 1.165) is 17.5 Å². The number of aromatic amines is 1. The van der Waals surface area contributed by atoms with E-state index in [9.17, 15) is 18.3 Å². The zero-order valence-corrected chi connectivity index (χ0v) is 22.5. The molecule has 1 aliphatic carbocycles. The standard InChI is InChI=1S/C29H32N4O4S/c1-29(2,3)19-12-14-21(15-13-19)38(36,37)33-20-16-22-25(18-8-5-4-6-9-18)26(32-27(22)30-17-20)28(35)31-23-10-7-11-24(23)34/h4-6,8-9,12-17,23-24,33-34H,7,10-11H2,1-3H3,(H,30,32)(H,31,35)/t23-,24+/m0/s1. The number of anilines is 1. The SMILES string of the molecule is CC(C)(C)c1ccc(S(=O)(=O)Nc2cnc3[nH]c(C(=O)N[C@H]4CCC[C@H]4O)c(-c4ccccc4)c3c2)cc1. The van der Waals surface area contributed by atoms with Gasteiger partial charge in [0.05, 0.1) is 28.9 Å². The number of sulfonamides is 1. The van der Waals surface area contributed by atoms with Gasteiger partial charge in [0.2, 0.25) is 0 Å². The first-order valence-electron chi connectivity index (χ1n) is 12.7. The maximum absolute atomic E-state index is 13.3. The van der Waals surface area contributed by atoms with Crippen molar-refractivity contribution in [2.75, 3.05) is 4.72 Å². The number of H-pyrrole nitrogens is 1. The van der Waals surface area contributed by atoms with Crippen LogP contribution in [-0.2, 0) is 15.4 Å². The van der Waals surface area contributed by atoms with Gasteiger partial charge in [0.15, 0.2) is 0 Å². The summed E-state index contributed by atoms with van der Waals surface area (Å²) in [4.78, 5) is 21.0. The molecule has 0 aliphatic heterocycles. The van der Waals surface area contributed by atoms with Gasteiger partial charge in [0, 0.05) is 10.9 Å². The summed E-state index contributed by atoms with van der Waals surface area (Å²) in [6, 6.07) is 17.6. The van der Waals surface area contributed by atoms with Crippen LogP contribution in [0.5, 0.6) is 0 Å². The summed E-state index contributed by atoms with van der Waals surface area (Å²) in [7, 11) is -3.86. The molecule has 5 rings (SSSR count). The van der Waals surface area contributed by atoms with Crippen molar-refractivity contribution in [3.05, 3.63) is 78.1 Å². The van der Waals surface area contributed by atoms with Gasteiger partial charge in [-0.15, -0.1) is 0 Å². The van der Waals surface area contributed by atoms with Crippen molar-refractivity contribution in [1.82, 2.24) is 15.3 Å². The quantitative estimate of drug-likeness (QED) is 0.279. The van der Waals surface area contributed by atoms with Gasteiger partial charge in [-0.3, -0.25) is 9.52 Å². The Balaban J connectivity index is 1.51. The predicted molar refractivity (Wildman–Crippen MR) is 149 cm³/mol. The highest BCUT2D eigenvalue weighted by molar-refractivity contribution is 7.92. The molecular weight excluding hydrogens is 500 g/mol. The number of pyridine rings is 1. The van der Waals surface area contributed by atoms with E-state index in [1.165, 1.54) is 6.20 Å². The van der Waals surface area contributed by atoms with Crippen molar-refractivity contribution >= 4 is 32.7 Å². The Morgan fingerprint density at radius 3 is 2.39 bits per heavy atom. The Kier molecular flexibility index (Phi) is 6.75. The number of nitrogens with zero attached hydrogens (tertiary/aromatic N) is 1. The number of aromatic nitrogens is 2. The van der Waals surface area contributed by atoms with E-state index in [1.807, 2.05) is 42.5 Å². The first-order chi connectivity index (χ1) is 18.0. The third kappa shape index (κ3) is 5.16. The lowest BCUT2D eigenvalue weighted by Gasteiger charge is -2.19. The molecule has 1 saturated carbocycles. The summed E-state index contributed by atoms with van der Waals surface area (Å²) in [5.74, 6) is -0.339. The second kappa shape index (κ2) is 9.89. The molecule has 4 aromatic rings. The fraction of sp³-hybridized carbons (Fsp3) is 0.310. The van der Waals surface area contributed by atoms with Gasteiger partial charge in [0.1, 0.15) is 11.3 Å². The second-order valence-corrected chi connectivity index (χ2v) is 12.5. The zero-order chi connectivity index (χ0) is 27.1. The van der Waals surface area contributed by atoms with Crippen molar-refractivity contribution < 1.29 is 18.3 Å². The maximum Gasteiger partial charge on any atom is 0.268 e. The molecule has 0 unspecified atom stereocenters. The average molecular weight is 533 g/mol. The van der Waals surface area contributed by atoms with E-state index in [0.29, 0.717) is 35.1 Å². The summed E-state index contributed by atoms with van der Waals surface area (Å²) in [6.45, 7) is 6.21. The van der Waals surface area contributed by atoms with Crippen molar-refractivity contribution in [3.8, 4) is 11.1 Å². The Bertz CT molecular complexity index is 1570. The molecule has 1 fully saturated rings. The van der Waals surface area contributed by atoms with Crippen LogP contribution in [0.3, 0.4) is 0 Å². The Morgan fingerprint density at radius 2 is 1.76 bits per heavy atom. The lowest BCUT2D eigenvalue weighted by molar-refractivity contribution is 0.0870. The maximum atomic E-state index is 13.3. The van der Waals surface area contributed by atoms with Crippen molar-refractivity contribution in [3.63, 3.8) is 0 Å². The highest BCUT2D eigenvalue weighted by atomic mass is 32.2. The van der Waals surface area contributed by atoms with Crippen molar-refractivity contribution in [1.29, 1.82) is 0 Å². The lowest BCUT2D eigenvalue weighted by atomic mass is 9.87. The highest BCUT2D eigenvalue weighted by Gasteiger charge is 2.29. The highest BCUT2D eigenvalue weighted by Crippen LogP contribution is 2.34. The smallest absolute Gasteiger partial charge is 0.268 e. The number of carbonyl (C=O) groups excluding carboxylic acids is 1. The molecule has 8 nitrogen and oxygen atoms in total. The summed E-state index contributed by atoms with van der Waals surface area (Å²) < 4.78 is 28.9. The van der Waals surface area contributed by atoms with Gasteiger partial charge < -0.3 is 15.4 Å². The van der Waals surface area contributed by atoms with Crippen LogP contribution in [0.15, 0.2) is 71.8 Å². The molecule has 1 amide bonds. The number of aliphatic hydroxyl groups is 1. The van der Waals surface area contributed by atoms with Crippen LogP contribution in [0.1, 0.15) is 56.1 Å². The first kappa shape index (κ1) is 25.9. The first-order valence-corrected chi connectivity index (χ1v) is 14.2. The lowest BCUT2D eigenvalue weighted by Crippen LogP contribution is -2.40. The molecule has 198 valence electrons. The molecule has 0 radical (unpaired) electrons. The van der Waals surface area contributed by atoms with Gasteiger partial charge in [-0.2, -0.15) is 0 Å². The minimum Gasteiger partial charge on any atom is -0.391 e. The van der Waals surface area contributed by atoms with Crippen LogP contribution in [0.25, 0.3) is 22.2 Å². The molecule has 2 aromatic heterocycles. The van der Waals surface area contributed by atoms with Crippen LogP contribution in [0, 0.1) is 0 Å². The average Bonchev–Trinajstić information content (AvgIpc) is 3.46. The van der Waals surface area contributed by atoms with E-state index in [1.54, 1.807) is 18.2 Å². The number of amides is 1. The van der Waals surface area contributed by atoms with E-state index >= 15 is 0 Å². The second-order valence-electron chi connectivity index (χ2n) is 10.8. The third-order valence-electron chi connectivity index (χ3n) is 7.02. The van der Waals surface area contributed by atoms with Crippen LogP contribution < -0.4 is 10.0 Å². The molecule has 0 spiro atoms. The van der Waals surface area contributed by atoms with Crippen molar-refractivity contribution in [2.45, 2.75) is 62.5 Å². The molecule has 2 atom stereocenters. The predicted octanol–water partition coefficient (Wildman–Crippen LogP) is 4.97. The number of hydrogen-bond donors (Lipinski definition) is 4. The third-order valence-corrected chi connectivity index (χ3v) is 8.42. The van der Waals surface area contributed by atoms with Gasteiger partial charge >= 0.3 is 0 Å². The van der Waals surface area contributed by atoms with E-state index in [4.69, 9.17) is 0 Å². The van der Waals surface area contributed by atoms with Crippen molar-refractivity contribution in [2.24, 2.45) is 0 Å². The normalized spacial score (nSPS) is 18.0. The van der Waals surface area contributed by atoms with Gasteiger partial charge in [0.25, 0.3) is 15.9 Å². The minimum absolute atomic E-state index is 0.0906. The van der Waals surface area contributed by atoms with E-state index in [-0.39, 0.29) is 27.9 Å². The van der Waals surface area contributed by atoms with Gasteiger partial charge in [-0.05, 0) is 54.0 Å². The number of nitrogens with one attached hydrogen (secondary N) is 3. The number of benzene rings is 2. The molecule has 4 N–H and O–H groups in total. The van der Waals surface area contributed by atoms with E-state index < -0.39 is 16.1 Å². The molecule has 0 saturated heterocycles. The molecule has 9 heteroatoms. The molecule has 2 heterocycles. The summed E-state index contributed by atoms with van der Waals surface area (Å²) >= 11 is 0. The Labute approximate surface area is 222 Å².